The predicted molar refractivity (Wildman–Crippen MR) is 67.4 cm³/mol. The molecule has 1 aromatic rings. The van der Waals surface area contributed by atoms with Gasteiger partial charge in [-0.2, -0.15) is 5.26 Å². The molecule has 0 fully saturated rings. The molecule has 1 unspecified atom stereocenters. The van der Waals surface area contributed by atoms with Crippen LogP contribution < -0.4 is 4.72 Å². The summed E-state index contributed by atoms with van der Waals surface area (Å²) in [4.78, 5) is 11.7. The number of hydrogen-bond donors (Lipinski definition) is 1. The molecule has 1 atom stereocenters. The lowest BCUT2D eigenvalue weighted by Crippen LogP contribution is -2.36. The van der Waals surface area contributed by atoms with E-state index in [9.17, 15) is 13.2 Å². The molecule has 0 saturated carbocycles. The lowest BCUT2D eigenvalue weighted by Gasteiger charge is -2.10. The highest BCUT2D eigenvalue weighted by molar-refractivity contribution is 7.90. The normalized spacial score (nSPS) is 12.7. The fraction of sp³-hybridized carbons (Fsp3) is 0.333. The average molecular weight is 266 g/mol. The van der Waals surface area contributed by atoms with Gasteiger partial charge >= 0.3 is 0 Å². The summed E-state index contributed by atoms with van der Waals surface area (Å²) in [6.45, 7) is 1.58. The molecule has 5 nitrogen and oxygen atoms in total. The Morgan fingerprint density at radius 1 is 1.39 bits per heavy atom. The SMILES string of the molecule is CC(CC#N)NS(=O)(=O)CC(=O)c1ccccc1. The van der Waals surface area contributed by atoms with Crippen LogP contribution in [-0.2, 0) is 10.0 Å². The molecule has 96 valence electrons. The van der Waals surface area contributed by atoms with Crippen LogP contribution in [0.5, 0.6) is 0 Å². The molecule has 1 N–H and O–H groups in total. The molecule has 0 spiro atoms. The van der Waals surface area contributed by atoms with Crippen molar-refractivity contribution in [1.29, 1.82) is 5.26 Å². The van der Waals surface area contributed by atoms with Crippen LogP contribution in [0.25, 0.3) is 0 Å². The van der Waals surface area contributed by atoms with E-state index in [1.807, 2.05) is 6.07 Å². The van der Waals surface area contributed by atoms with Gasteiger partial charge in [0.1, 0.15) is 5.75 Å². The minimum Gasteiger partial charge on any atom is -0.293 e. The van der Waals surface area contributed by atoms with Gasteiger partial charge < -0.3 is 0 Å². The molecule has 1 rings (SSSR count). The molecule has 0 aliphatic rings. The van der Waals surface area contributed by atoms with Gasteiger partial charge in [-0.25, -0.2) is 13.1 Å². The summed E-state index contributed by atoms with van der Waals surface area (Å²) in [6, 6.07) is 9.59. The number of rotatable bonds is 6. The van der Waals surface area contributed by atoms with E-state index in [1.54, 1.807) is 37.3 Å². The Kier molecular flexibility index (Phi) is 5.01. The Bertz CT molecular complexity index is 546. The maximum Gasteiger partial charge on any atom is 0.219 e. The minimum absolute atomic E-state index is 0.0682. The molecule has 0 amide bonds. The summed E-state index contributed by atoms with van der Waals surface area (Å²) in [6.07, 6.45) is 0.0682. The summed E-state index contributed by atoms with van der Waals surface area (Å²) in [7, 11) is -3.70. The van der Waals surface area contributed by atoms with Crippen molar-refractivity contribution < 1.29 is 13.2 Å². The van der Waals surface area contributed by atoms with Gasteiger partial charge in [0.05, 0.1) is 12.5 Å². The first-order valence-corrected chi connectivity index (χ1v) is 7.05. The molecule has 0 aromatic heterocycles. The third-order valence-electron chi connectivity index (χ3n) is 2.20. The molecule has 6 heteroatoms. The van der Waals surface area contributed by atoms with Gasteiger partial charge in [-0.15, -0.1) is 0 Å². The Morgan fingerprint density at radius 3 is 2.56 bits per heavy atom. The van der Waals surface area contributed by atoms with Crippen molar-refractivity contribution in [2.75, 3.05) is 5.75 Å². The zero-order valence-corrected chi connectivity index (χ0v) is 10.8. The molecule has 18 heavy (non-hydrogen) atoms. The van der Waals surface area contributed by atoms with Crippen molar-refractivity contribution in [3.63, 3.8) is 0 Å². The first-order chi connectivity index (χ1) is 8.44. The number of nitrogens with one attached hydrogen (secondary N) is 1. The third kappa shape index (κ3) is 4.65. The van der Waals surface area contributed by atoms with E-state index in [0.717, 1.165) is 0 Å². The second-order valence-electron chi connectivity index (χ2n) is 3.93. The number of ketones is 1. The number of carbonyl (C=O) groups is 1. The first-order valence-electron chi connectivity index (χ1n) is 5.40. The topological polar surface area (TPSA) is 87.0 Å². The van der Waals surface area contributed by atoms with Gasteiger partial charge in [0, 0.05) is 11.6 Å². The maximum atomic E-state index is 11.7. The molecular weight excluding hydrogens is 252 g/mol. The number of carbonyl (C=O) groups excluding carboxylic acids is 1. The number of sulfonamides is 1. The highest BCUT2D eigenvalue weighted by Gasteiger charge is 2.19. The number of benzene rings is 1. The molecule has 0 aliphatic heterocycles. The Morgan fingerprint density at radius 2 is 2.00 bits per heavy atom. The smallest absolute Gasteiger partial charge is 0.219 e. The van der Waals surface area contributed by atoms with Crippen LogP contribution >= 0.6 is 0 Å². The minimum atomic E-state index is -3.70. The van der Waals surface area contributed by atoms with E-state index in [4.69, 9.17) is 5.26 Å². The van der Waals surface area contributed by atoms with Gasteiger partial charge in [-0.05, 0) is 6.92 Å². The van der Waals surface area contributed by atoms with Crippen molar-refractivity contribution >= 4 is 15.8 Å². The van der Waals surface area contributed by atoms with Crippen LogP contribution in [0, 0.1) is 11.3 Å². The predicted octanol–water partition coefficient (Wildman–Crippen LogP) is 1.09. The number of nitrogens with zero attached hydrogens (tertiary/aromatic N) is 1. The quantitative estimate of drug-likeness (QED) is 0.781. The fourth-order valence-corrected chi connectivity index (χ4v) is 2.70. The second kappa shape index (κ2) is 6.28. The fourth-order valence-electron chi connectivity index (χ4n) is 1.41. The van der Waals surface area contributed by atoms with E-state index >= 15 is 0 Å². The van der Waals surface area contributed by atoms with E-state index in [-0.39, 0.29) is 6.42 Å². The molecule has 0 aliphatic carbocycles. The van der Waals surface area contributed by atoms with Crippen LogP contribution in [0.1, 0.15) is 23.7 Å². The molecular formula is C12H14N2O3S. The van der Waals surface area contributed by atoms with Crippen molar-refractivity contribution in [2.45, 2.75) is 19.4 Å². The summed E-state index contributed by atoms with van der Waals surface area (Å²) >= 11 is 0. The van der Waals surface area contributed by atoms with E-state index in [0.29, 0.717) is 5.56 Å². The molecule has 1 aromatic carbocycles. The molecule has 0 radical (unpaired) electrons. The lowest BCUT2D eigenvalue weighted by atomic mass is 10.2. The van der Waals surface area contributed by atoms with Crippen LogP contribution in [-0.4, -0.2) is 26.0 Å². The summed E-state index contributed by atoms with van der Waals surface area (Å²) < 4.78 is 25.6. The summed E-state index contributed by atoms with van der Waals surface area (Å²) in [5, 5.41) is 8.44. The van der Waals surface area contributed by atoms with Crippen molar-refractivity contribution in [1.82, 2.24) is 4.72 Å². The van der Waals surface area contributed by atoms with Gasteiger partial charge in [0.25, 0.3) is 0 Å². The van der Waals surface area contributed by atoms with Crippen molar-refractivity contribution in [2.24, 2.45) is 0 Å². The zero-order valence-electron chi connectivity index (χ0n) is 9.96. The monoisotopic (exact) mass is 266 g/mol. The lowest BCUT2D eigenvalue weighted by molar-refractivity contribution is 0.102. The number of Topliss-reactive ketones (excluding diaryl/α,β-unsaturated/α-hetero) is 1. The molecule has 0 heterocycles. The third-order valence-corrected chi connectivity index (χ3v) is 3.60. The standard InChI is InChI=1S/C12H14N2O3S/c1-10(7-8-13)14-18(16,17)9-12(15)11-5-3-2-4-6-11/h2-6,10,14H,7,9H2,1H3. The van der Waals surface area contributed by atoms with Gasteiger partial charge in [-0.1, -0.05) is 30.3 Å². The largest absolute Gasteiger partial charge is 0.293 e. The second-order valence-corrected chi connectivity index (χ2v) is 5.68. The van der Waals surface area contributed by atoms with Gasteiger partial charge in [0.2, 0.25) is 10.0 Å². The summed E-state index contributed by atoms with van der Waals surface area (Å²) in [5.74, 6) is -1.07. The summed E-state index contributed by atoms with van der Waals surface area (Å²) in [5.41, 5.74) is 0.357. The average Bonchev–Trinajstić information content (AvgIpc) is 2.29. The van der Waals surface area contributed by atoms with E-state index in [2.05, 4.69) is 4.72 Å². The maximum absolute atomic E-state index is 11.7. The van der Waals surface area contributed by atoms with Crippen LogP contribution in [0.4, 0.5) is 0 Å². The van der Waals surface area contributed by atoms with E-state index in [1.165, 1.54) is 0 Å². The van der Waals surface area contributed by atoms with E-state index < -0.39 is 27.6 Å². The number of nitriles is 1. The molecule has 0 saturated heterocycles. The van der Waals surface area contributed by atoms with Crippen LogP contribution in [0.3, 0.4) is 0 Å². The Hall–Kier alpha value is -1.71. The van der Waals surface area contributed by atoms with Gasteiger partial charge in [0.15, 0.2) is 5.78 Å². The molecule has 0 bridgehead atoms. The van der Waals surface area contributed by atoms with Gasteiger partial charge in [-0.3, -0.25) is 4.79 Å². The van der Waals surface area contributed by atoms with Crippen molar-refractivity contribution in [3.8, 4) is 6.07 Å². The van der Waals surface area contributed by atoms with Crippen LogP contribution in [0.2, 0.25) is 0 Å². The van der Waals surface area contributed by atoms with Crippen LogP contribution in [0.15, 0.2) is 30.3 Å². The first kappa shape index (κ1) is 14.4. The zero-order chi connectivity index (χ0) is 13.6. The van der Waals surface area contributed by atoms with Crippen molar-refractivity contribution in [3.05, 3.63) is 35.9 Å². The Balaban J connectivity index is 2.67. The Labute approximate surface area is 106 Å². The highest BCUT2D eigenvalue weighted by atomic mass is 32.2. The highest BCUT2D eigenvalue weighted by Crippen LogP contribution is 2.03. The number of hydrogen-bond acceptors (Lipinski definition) is 4.